The molecule has 0 spiro atoms. The number of rotatable bonds is 8. The van der Waals surface area contributed by atoms with Crippen molar-refractivity contribution in [2.24, 2.45) is 0 Å². The van der Waals surface area contributed by atoms with E-state index in [0.29, 0.717) is 23.1 Å². The van der Waals surface area contributed by atoms with Crippen molar-refractivity contribution in [3.05, 3.63) is 65.7 Å². The van der Waals surface area contributed by atoms with Gasteiger partial charge in [0.2, 0.25) is 5.16 Å². The summed E-state index contributed by atoms with van der Waals surface area (Å²) >= 11 is 1.18. The molecular weight excluding hydrogens is 369 g/mol. The van der Waals surface area contributed by atoms with Gasteiger partial charge in [0.1, 0.15) is 11.6 Å². The van der Waals surface area contributed by atoms with E-state index in [2.05, 4.69) is 15.5 Å². The Hall–Kier alpha value is -3.07. The zero-order valence-corrected chi connectivity index (χ0v) is 15.4. The van der Waals surface area contributed by atoms with Crippen LogP contribution in [0.2, 0.25) is 0 Å². The molecule has 0 radical (unpaired) electrons. The van der Waals surface area contributed by atoms with Crippen molar-refractivity contribution >= 4 is 23.2 Å². The molecule has 27 heavy (non-hydrogen) atoms. The molecule has 3 N–H and O–H groups in total. The number of benzene rings is 2. The summed E-state index contributed by atoms with van der Waals surface area (Å²) in [5.41, 5.74) is 1.33. The Morgan fingerprint density at radius 3 is 2.56 bits per heavy atom. The first-order valence-electron chi connectivity index (χ1n) is 8.05. The van der Waals surface area contributed by atoms with E-state index >= 15 is 0 Å². The van der Waals surface area contributed by atoms with E-state index in [-0.39, 0.29) is 17.4 Å². The summed E-state index contributed by atoms with van der Waals surface area (Å²) in [5, 5.41) is 11.7. The highest BCUT2D eigenvalue weighted by atomic mass is 32.2. The lowest BCUT2D eigenvalue weighted by atomic mass is 10.1. The zero-order chi connectivity index (χ0) is 19.2. The Kier molecular flexibility index (Phi) is 5.92. The van der Waals surface area contributed by atoms with Crippen molar-refractivity contribution in [3.8, 4) is 5.75 Å². The number of thioether (sulfide) groups is 1. The molecule has 7 nitrogen and oxygen atoms in total. The van der Waals surface area contributed by atoms with Gasteiger partial charge in [0.25, 0.3) is 0 Å². The van der Waals surface area contributed by atoms with Crippen molar-refractivity contribution in [2.75, 3.05) is 24.0 Å². The third-order valence-corrected chi connectivity index (χ3v) is 4.72. The van der Waals surface area contributed by atoms with Gasteiger partial charge in [-0.25, -0.2) is 9.07 Å². The standard InChI is InChI=1S/C18H18FN5O2S/c1-26-15-8-6-14(7-9-15)21-10-17-22-23-18(24(17)20)27-11-16(25)12-2-4-13(19)5-3-12/h2-9,21H,10-11,20H2,1H3. The summed E-state index contributed by atoms with van der Waals surface area (Å²) in [6.45, 7) is 0.377. The number of nitrogens with zero attached hydrogens (tertiary/aromatic N) is 3. The predicted molar refractivity (Wildman–Crippen MR) is 102 cm³/mol. The normalized spacial score (nSPS) is 10.6. The molecule has 9 heteroatoms. The lowest BCUT2D eigenvalue weighted by Crippen LogP contribution is -2.17. The predicted octanol–water partition coefficient (Wildman–Crippen LogP) is 2.73. The second-order valence-electron chi connectivity index (χ2n) is 5.57. The van der Waals surface area contributed by atoms with Crippen LogP contribution in [0.1, 0.15) is 16.2 Å². The summed E-state index contributed by atoms with van der Waals surface area (Å²) in [6.07, 6.45) is 0. The highest BCUT2D eigenvalue weighted by molar-refractivity contribution is 7.99. The zero-order valence-electron chi connectivity index (χ0n) is 14.6. The van der Waals surface area contributed by atoms with Crippen LogP contribution < -0.4 is 15.9 Å². The smallest absolute Gasteiger partial charge is 0.210 e. The van der Waals surface area contributed by atoms with Crippen LogP contribution in [0.15, 0.2) is 53.7 Å². The molecule has 2 aromatic carbocycles. The molecule has 0 atom stereocenters. The number of halogens is 1. The number of hydrogen-bond donors (Lipinski definition) is 2. The third kappa shape index (κ3) is 4.76. The van der Waals surface area contributed by atoms with Gasteiger partial charge in [-0.1, -0.05) is 11.8 Å². The molecule has 0 saturated heterocycles. The van der Waals surface area contributed by atoms with E-state index in [4.69, 9.17) is 10.6 Å². The lowest BCUT2D eigenvalue weighted by Gasteiger charge is -2.07. The maximum absolute atomic E-state index is 12.9. The number of hydrogen-bond acceptors (Lipinski definition) is 7. The summed E-state index contributed by atoms with van der Waals surface area (Å²) < 4.78 is 19.4. The van der Waals surface area contributed by atoms with Crippen molar-refractivity contribution in [1.82, 2.24) is 14.9 Å². The molecule has 0 fully saturated rings. The fourth-order valence-corrected chi connectivity index (χ4v) is 3.04. The minimum atomic E-state index is -0.380. The maximum atomic E-state index is 12.9. The number of ketones is 1. The Morgan fingerprint density at radius 1 is 1.19 bits per heavy atom. The fraction of sp³-hybridized carbons (Fsp3) is 0.167. The van der Waals surface area contributed by atoms with Crippen LogP contribution in [0, 0.1) is 5.82 Å². The first-order valence-corrected chi connectivity index (χ1v) is 9.04. The molecule has 0 aliphatic heterocycles. The minimum absolute atomic E-state index is 0.132. The van der Waals surface area contributed by atoms with E-state index in [0.717, 1.165) is 11.4 Å². The molecule has 0 amide bonds. The van der Waals surface area contributed by atoms with Gasteiger partial charge < -0.3 is 15.9 Å². The fourth-order valence-electron chi connectivity index (χ4n) is 2.27. The molecule has 140 valence electrons. The summed E-state index contributed by atoms with van der Waals surface area (Å²) in [4.78, 5) is 12.1. The first kappa shape index (κ1) is 18.7. The number of nitrogen functional groups attached to an aromatic ring is 1. The minimum Gasteiger partial charge on any atom is -0.497 e. The Balaban J connectivity index is 1.56. The lowest BCUT2D eigenvalue weighted by molar-refractivity contribution is 0.102. The summed E-state index contributed by atoms with van der Waals surface area (Å²) in [6, 6.07) is 12.9. The number of Topliss-reactive ketones (excluding diaryl/α,β-unsaturated/α-hetero) is 1. The van der Waals surface area contributed by atoms with Crippen LogP contribution in [0.3, 0.4) is 0 Å². The topological polar surface area (TPSA) is 95.1 Å². The van der Waals surface area contributed by atoms with Gasteiger partial charge >= 0.3 is 0 Å². The van der Waals surface area contributed by atoms with Gasteiger partial charge in [-0.3, -0.25) is 4.79 Å². The Bertz CT molecular complexity index is 913. The van der Waals surface area contributed by atoms with Crippen molar-refractivity contribution in [2.45, 2.75) is 11.7 Å². The van der Waals surface area contributed by atoms with Crippen LogP contribution in [-0.4, -0.2) is 33.5 Å². The number of aromatic nitrogens is 3. The highest BCUT2D eigenvalue weighted by Gasteiger charge is 2.13. The molecule has 0 saturated carbocycles. The monoisotopic (exact) mass is 387 g/mol. The molecule has 3 rings (SSSR count). The number of methoxy groups -OCH3 is 1. The first-order chi connectivity index (χ1) is 13.1. The van der Waals surface area contributed by atoms with Crippen molar-refractivity contribution < 1.29 is 13.9 Å². The number of carbonyl (C=O) groups excluding carboxylic acids is 1. The van der Waals surface area contributed by atoms with Crippen molar-refractivity contribution in [1.29, 1.82) is 0 Å². The SMILES string of the molecule is COc1ccc(NCc2nnc(SCC(=O)c3ccc(F)cc3)n2N)cc1. The van der Waals surface area contributed by atoms with Crippen LogP contribution in [0.25, 0.3) is 0 Å². The van der Waals surface area contributed by atoms with Gasteiger partial charge in [-0.05, 0) is 48.5 Å². The largest absolute Gasteiger partial charge is 0.497 e. The number of nitrogens with two attached hydrogens (primary N) is 1. The second kappa shape index (κ2) is 8.54. The Labute approximate surface area is 159 Å². The molecule has 3 aromatic rings. The number of carbonyl (C=O) groups is 1. The number of nitrogens with one attached hydrogen (secondary N) is 1. The molecule has 1 aromatic heterocycles. The van der Waals surface area contributed by atoms with Gasteiger partial charge in [0.05, 0.1) is 19.4 Å². The number of anilines is 1. The number of ether oxygens (including phenoxy) is 1. The van der Waals surface area contributed by atoms with Crippen molar-refractivity contribution in [3.63, 3.8) is 0 Å². The van der Waals surface area contributed by atoms with Crippen LogP contribution in [0.4, 0.5) is 10.1 Å². The van der Waals surface area contributed by atoms with E-state index in [1.165, 1.54) is 40.7 Å². The molecule has 0 aliphatic rings. The van der Waals surface area contributed by atoms with Crippen LogP contribution in [0.5, 0.6) is 5.75 Å². The Morgan fingerprint density at radius 2 is 1.89 bits per heavy atom. The average Bonchev–Trinajstić information content (AvgIpc) is 3.05. The summed E-state index contributed by atoms with van der Waals surface area (Å²) in [5.74, 6) is 6.92. The highest BCUT2D eigenvalue weighted by Crippen LogP contribution is 2.18. The van der Waals surface area contributed by atoms with Gasteiger partial charge in [0.15, 0.2) is 11.6 Å². The molecule has 0 unspecified atom stereocenters. The molecular formula is C18H18FN5O2S. The summed E-state index contributed by atoms with van der Waals surface area (Å²) in [7, 11) is 1.61. The van der Waals surface area contributed by atoms with E-state index in [1.807, 2.05) is 24.3 Å². The van der Waals surface area contributed by atoms with Crippen LogP contribution >= 0.6 is 11.8 Å². The average molecular weight is 387 g/mol. The molecule has 0 aliphatic carbocycles. The maximum Gasteiger partial charge on any atom is 0.210 e. The van der Waals surface area contributed by atoms with E-state index in [1.54, 1.807) is 7.11 Å². The second-order valence-corrected chi connectivity index (χ2v) is 6.51. The van der Waals surface area contributed by atoms with Gasteiger partial charge in [-0.15, -0.1) is 10.2 Å². The van der Waals surface area contributed by atoms with Gasteiger partial charge in [0, 0.05) is 11.3 Å². The van der Waals surface area contributed by atoms with Crippen LogP contribution in [-0.2, 0) is 6.54 Å². The van der Waals surface area contributed by atoms with E-state index in [9.17, 15) is 9.18 Å². The third-order valence-electron chi connectivity index (χ3n) is 3.77. The molecule has 0 bridgehead atoms. The van der Waals surface area contributed by atoms with Gasteiger partial charge in [-0.2, -0.15) is 0 Å². The molecule has 1 heterocycles. The quantitative estimate of drug-likeness (QED) is 0.349. The van der Waals surface area contributed by atoms with E-state index < -0.39 is 0 Å².